The zero-order valence-corrected chi connectivity index (χ0v) is 11.8. The third kappa shape index (κ3) is 3.27. The van der Waals surface area contributed by atoms with Gasteiger partial charge in [-0.3, -0.25) is 0 Å². The van der Waals surface area contributed by atoms with E-state index in [1.165, 1.54) is 31.7 Å². The number of aliphatic hydroxyl groups excluding tert-OH is 1. The Balaban J connectivity index is 2.15. The maximum atomic E-state index is 13.8. The molecular weight excluding hydrogens is 247 g/mol. The Morgan fingerprint density at radius 2 is 2.17 bits per heavy atom. The molecule has 0 bridgehead atoms. The van der Waals surface area contributed by atoms with Crippen LogP contribution >= 0.6 is 11.8 Å². The normalized spacial score (nSPS) is 26.0. The lowest BCUT2D eigenvalue weighted by Crippen LogP contribution is -2.15. The van der Waals surface area contributed by atoms with E-state index in [9.17, 15) is 9.50 Å². The van der Waals surface area contributed by atoms with E-state index < -0.39 is 6.10 Å². The van der Waals surface area contributed by atoms with Crippen molar-refractivity contribution in [3.63, 3.8) is 0 Å². The molecule has 0 aromatic heterocycles. The molecule has 2 rings (SSSR count). The van der Waals surface area contributed by atoms with Gasteiger partial charge >= 0.3 is 0 Å². The number of hydrogen-bond acceptors (Lipinski definition) is 2. The first-order valence-corrected chi connectivity index (χ1v) is 7.59. The molecule has 100 valence electrons. The molecule has 0 radical (unpaired) electrons. The van der Waals surface area contributed by atoms with Gasteiger partial charge in [-0.2, -0.15) is 0 Å². The van der Waals surface area contributed by atoms with Crippen molar-refractivity contribution in [2.24, 2.45) is 5.92 Å². The zero-order chi connectivity index (χ0) is 13.1. The lowest BCUT2D eigenvalue weighted by Gasteiger charge is -2.27. The minimum Gasteiger partial charge on any atom is -0.389 e. The monoisotopic (exact) mass is 268 g/mol. The van der Waals surface area contributed by atoms with Crippen LogP contribution in [-0.2, 0) is 0 Å². The minimum atomic E-state index is -0.741. The first kappa shape index (κ1) is 13.9. The van der Waals surface area contributed by atoms with Crippen LogP contribution in [0.2, 0.25) is 0 Å². The van der Waals surface area contributed by atoms with Gasteiger partial charge in [-0.05, 0) is 37.8 Å². The van der Waals surface area contributed by atoms with E-state index in [-0.39, 0.29) is 5.82 Å². The standard InChI is InChI=1S/C15H21FOS/c1-10-5-3-6-12(9-10)18-14-8-4-7-13(16)15(14)11(2)17/h4,7-8,10-12,17H,3,5-6,9H2,1-2H3. The zero-order valence-electron chi connectivity index (χ0n) is 11.0. The lowest BCUT2D eigenvalue weighted by molar-refractivity contribution is 0.191. The Bertz CT molecular complexity index is 405. The summed E-state index contributed by atoms with van der Waals surface area (Å²) in [5.41, 5.74) is 0.459. The van der Waals surface area contributed by atoms with Crippen LogP contribution < -0.4 is 0 Å². The Hall–Kier alpha value is -0.540. The molecule has 3 atom stereocenters. The molecule has 3 heteroatoms. The molecule has 1 N–H and O–H groups in total. The maximum Gasteiger partial charge on any atom is 0.130 e. The Kier molecular flexibility index (Phi) is 4.68. The summed E-state index contributed by atoms with van der Waals surface area (Å²) in [4.78, 5) is 0.907. The molecule has 1 aromatic carbocycles. The number of aliphatic hydroxyl groups is 1. The molecule has 1 nitrogen and oxygen atoms in total. The van der Waals surface area contributed by atoms with E-state index in [4.69, 9.17) is 0 Å². The van der Waals surface area contributed by atoms with Gasteiger partial charge < -0.3 is 5.11 Å². The average Bonchev–Trinajstić information content (AvgIpc) is 2.28. The van der Waals surface area contributed by atoms with Crippen molar-refractivity contribution in [3.05, 3.63) is 29.6 Å². The fourth-order valence-corrected chi connectivity index (χ4v) is 4.31. The molecule has 1 fully saturated rings. The molecule has 0 heterocycles. The fourth-order valence-electron chi connectivity index (χ4n) is 2.69. The summed E-state index contributed by atoms with van der Waals surface area (Å²) in [5.74, 6) is 0.471. The predicted molar refractivity (Wildman–Crippen MR) is 74.3 cm³/mol. The van der Waals surface area contributed by atoms with Gasteiger partial charge in [0.1, 0.15) is 5.82 Å². The summed E-state index contributed by atoms with van der Waals surface area (Å²) in [6.07, 6.45) is 4.22. The Morgan fingerprint density at radius 1 is 1.39 bits per heavy atom. The first-order chi connectivity index (χ1) is 8.58. The SMILES string of the molecule is CC1CCCC(Sc2cccc(F)c2C(C)O)C1. The van der Waals surface area contributed by atoms with Crippen LogP contribution in [0.25, 0.3) is 0 Å². The summed E-state index contributed by atoms with van der Waals surface area (Å²) >= 11 is 1.74. The molecule has 18 heavy (non-hydrogen) atoms. The van der Waals surface area contributed by atoms with Gasteiger partial charge in [0.2, 0.25) is 0 Å². The predicted octanol–water partition coefficient (Wildman–Crippen LogP) is 4.55. The van der Waals surface area contributed by atoms with Crippen LogP contribution in [0, 0.1) is 11.7 Å². The highest BCUT2D eigenvalue weighted by molar-refractivity contribution is 8.00. The third-order valence-corrected chi connectivity index (χ3v) is 4.98. The van der Waals surface area contributed by atoms with E-state index in [1.54, 1.807) is 24.8 Å². The van der Waals surface area contributed by atoms with Crippen molar-refractivity contribution in [1.29, 1.82) is 0 Å². The van der Waals surface area contributed by atoms with Crippen LogP contribution in [0.15, 0.2) is 23.1 Å². The minimum absolute atomic E-state index is 0.293. The molecule has 0 amide bonds. The number of hydrogen-bond donors (Lipinski definition) is 1. The smallest absolute Gasteiger partial charge is 0.130 e. The molecule has 1 aromatic rings. The third-order valence-electron chi connectivity index (χ3n) is 3.61. The summed E-state index contributed by atoms with van der Waals surface area (Å²) < 4.78 is 13.8. The van der Waals surface area contributed by atoms with Crippen molar-refractivity contribution in [3.8, 4) is 0 Å². The number of thioether (sulfide) groups is 1. The fraction of sp³-hybridized carbons (Fsp3) is 0.600. The number of halogens is 1. The van der Waals surface area contributed by atoms with E-state index >= 15 is 0 Å². The van der Waals surface area contributed by atoms with E-state index in [0.717, 1.165) is 10.8 Å². The molecule has 1 aliphatic carbocycles. The van der Waals surface area contributed by atoms with Gasteiger partial charge in [-0.15, -0.1) is 11.8 Å². The van der Waals surface area contributed by atoms with Gasteiger partial charge in [0.15, 0.2) is 0 Å². The number of benzene rings is 1. The highest BCUT2D eigenvalue weighted by Crippen LogP contribution is 2.39. The number of rotatable bonds is 3. The van der Waals surface area contributed by atoms with Gasteiger partial charge in [0.25, 0.3) is 0 Å². The van der Waals surface area contributed by atoms with Crippen molar-refractivity contribution in [1.82, 2.24) is 0 Å². The van der Waals surface area contributed by atoms with Crippen LogP contribution in [0.4, 0.5) is 4.39 Å². The average molecular weight is 268 g/mol. The van der Waals surface area contributed by atoms with Gasteiger partial charge in [0, 0.05) is 15.7 Å². The van der Waals surface area contributed by atoms with Crippen LogP contribution in [0.1, 0.15) is 51.2 Å². The summed E-state index contributed by atoms with van der Waals surface area (Å²) in [5, 5.41) is 10.3. The van der Waals surface area contributed by atoms with Crippen LogP contribution in [0.3, 0.4) is 0 Å². The van der Waals surface area contributed by atoms with Crippen LogP contribution in [0.5, 0.6) is 0 Å². The molecule has 1 aliphatic rings. The largest absolute Gasteiger partial charge is 0.389 e. The van der Waals surface area contributed by atoms with E-state index in [0.29, 0.717) is 10.8 Å². The quantitative estimate of drug-likeness (QED) is 0.868. The molecule has 1 saturated carbocycles. The maximum absolute atomic E-state index is 13.8. The highest BCUT2D eigenvalue weighted by atomic mass is 32.2. The Morgan fingerprint density at radius 3 is 2.83 bits per heavy atom. The topological polar surface area (TPSA) is 20.2 Å². The van der Waals surface area contributed by atoms with E-state index in [1.807, 2.05) is 6.07 Å². The van der Waals surface area contributed by atoms with Gasteiger partial charge in [-0.1, -0.05) is 25.8 Å². The summed E-state index contributed by atoms with van der Waals surface area (Å²) in [7, 11) is 0. The molecule has 0 saturated heterocycles. The van der Waals surface area contributed by atoms with E-state index in [2.05, 4.69) is 6.92 Å². The van der Waals surface area contributed by atoms with Crippen molar-refractivity contribution < 1.29 is 9.50 Å². The summed E-state index contributed by atoms with van der Waals surface area (Å²) in [6, 6.07) is 5.08. The summed E-state index contributed by atoms with van der Waals surface area (Å²) in [6.45, 7) is 3.92. The van der Waals surface area contributed by atoms with Crippen LogP contribution in [-0.4, -0.2) is 10.4 Å². The van der Waals surface area contributed by atoms with Gasteiger partial charge in [-0.25, -0.2) is 4.39 Å². The highest BCUT2D eigenvalue weighted by Gasteiger charge is 2.22. The molecule has 3 unspecified atom stereocenters. The van der Waals surface area contributed by atoms with Crippen molar-refractivity contribution >= 4 is 11.8 Å². The molecule has 0 spiro atoms. The lowest BCUT2D eigenvalue weighted by atomic mass is 9.91. The van der Waals surface area contributed by atoms with Gasteiger partial charge in [0.05, 0.1) is 6.10 Å². The molecule has 0 aliphatic heterocycles. The molecular formula is C15H21FOS. The first-order valence-electron chi connectivity index (χ1n) is 6.71. The second-order valence-corrected chi connectivity index (χ2v) is 6.68. The second kappa shape index (κ2) is 6.07. The van der Waals surface area contributed by atoms with Crippen molar-refractivity contribution in [2.75, 3.05) is 0 Å². The second-order valence-electron chi connectivity index (χ2n) is 5.34. The van der Waals surface area contributed by atoms with Crippen molar-refractivity contribution in [2.45, 2.75) is 55.8 Å². The Labute approximate surface area is 113 Å².